The Morgan fingerprint density at radius 3 is 3.00 bits per heavy atom. The molecule has 1 amide bonds. The number of amides is 1. The highest BCUT2D eigenvalue weighted by molar-refractivity contribution is 9.10. The fraction of sp³-hybridized carbons (Fsp3) is 0.417. The molecule has 1 aliphatic heterocycles. The minimum absolute atomic E-state index is 0.0419. The number of nitrogens with one attached hydrogen (secondary N) is 1. The quantitative estimate of drug-likeness (QED) is 0.861. The highest BCUT2D eigenvalue weighted by Crippen LogP contribution is 2.19. The van der Waals surface area contributed by atoms with Crippen molar-refractivity contribution in [3.8, 4) is 0 Å². The largest absolute Gasteiger partial charge is 0.333 e. The lowest BCUT2D eigenvalue weighted by atomic mass is 10.1. The van der Waals surface area contributed by atoms with Crippen LogP contribution in [0.25, 0.3) is 0 Å². The molecule has 3 nitrogen and oxygen atoms in total. The Morgan fingerprint density at radius 2 is 2.35 bits per heavy atom. The number of carbonyl (C=O) groups is 1. The molecule has 1 N–H and O–H groups in total. The van der Waals surface area contributed by atoms with Gasteiger partial charge in [-0.15, -0.1) is 0 Å². The summed E-state index contributed by atoms with van der Waals surface area (Å²) in [5.74, 6) is -0.394. The second-order valence-electron chi connectivity index (χ2n) is 4.18. The van der Waals surface area contributed by atoms with Crippen LogP contribution < -0.4 is 5.32 Å². The minimum Gasteiger partial charge on any atom is -0.333 e. The van der Waals surface area contributed by atoms with E-state index in [9.17, 15) is 9.18 Å². The maximum Gasteiger partial charge on any atom is 0.254 e. The molecule has 17 heavy (non-hydrogen) atoms. The molecule has 0 radical (unpaired) electrons. The van der Waals surface area contributed by atoms with Crippen LogP contribution in [0.2, 0.25) is 0 Å². The molecule has 0 bridgehead atoms. The maximum absolute atomic E-state index is 13.1. The van der Waals surface area contributed by atoms with Crippen molar-refractivity contribution in [1.82, 2.24) is 10.2 Å². The number of hydrogen-bond donors (Lipinski definition) is 1. The van der Waals surface area contributed by atoms with Crippen molar-refractivity contribution in [3.05, 3.63) is 34.1 Å². The first kappa shape index (κ1) is 12.5. The van der Waals surface area contributed by atoms with Crippen molar-refractivity contribution in [2.24, 2.45) is 0 Å². The van der Waals surface area contributed by atoms with E-state index in [1.165, 1.54) is 18.2 Å². The van der Waals surface area contributed by atoms with Crippen LogP contribution in [-0.4, -0.2) is 36.5 Å². The van der Waals surface area contributed by atoms with Crippen LogP contribution in [0.4, 0.5) is 4.39 Å². The number of nitrogens with zero attached hydrogens (tertiary/aromatic N) is 1. The van der Waals surface area contributed by atoms with E-state index < -0.39 is 0 Å². The van der Waals surface area contributed by atoms with E-state index in [2.05, 4.69) is 21.2 Å². The number of piperazine rings is 1. The van der Waals surface area contributed by atoms with Gasteiger partial charge in [-0.2, -0.15) is 0 Å². The van der Waals surface area contributed by atoms with E-state index in [0.29, 0.717) is 16.6 Å². The van der Waals surface area contributed by atoms with E-state index in [1.54, 1.807) is 0 Å². The van der Waals surface area contributed by atoms with E-state index >= 15 is 0 Å². The predicted molar refractivity (Wildman–Crippen MR) is 67.5 cm³/mol. The van der Waals surface area contributed by atoms with Crippen molar-refractivity contribution >= 4 is 21.8 Å². The molecule has 0 spiro atoms. The Balaban J connectivity index is 2.21. The normalized spacial score (nSPS) is 20.4. The summed E-state index contributed by atoms with van der Waals surface area (Å²) in [6.45, 7) is 4.30. The third-order valence-electron chi connectivity index (χ3n) is 2.93. The van der Waals surface area contributed by atoms with Gasteiger partial charge in [-0.1, -0.05) is 0 Å². The molecular formula is C12H14BrFN2O. The van der Waals surface area contributed by atoms with Gasteiger partial charge in [-0.25, -0.2) is 4.39 Å². The topological polar surface area (TPSA) is 32.3 Å². The van der Waals surface area contributed by atoms with Crippen LogP contribution >= 0.6 is 15.9 Å². The summed E-state index contributed by atoms with van der Waals surface area (Å²) >= 11 is 3.10. The molecule has 1 fully saturated rings. The van der Waals surface area contributed by atoms with Crippen LogP contribution in [0.5, 0.6) is 0 Å². The van der Waals surface area contributed by atoms with Crippen molar-refractivity contribution in [3.63, 3.8) is 0 Å². The molecule has 1 aliphatic rings. The van der Waals surface area contributed by atoms with Crippen molar-refractivity contribution < 1.29 is 9.18 Å². The third-order valence-corrected chi connectivity index (χ3v) is 3.54. The van der Waals surface area contributed by atoms with Crippen LogP contribution in [0.1, 0.15) is 17.3 Å². The second kappa shape index (κ2) is 5.14. The highest BCUT2D eigenvalue weighted by atomic mass is 79.9. The first-order valence-corrected chi connectivity index (χ1v) is 6.35. The molecule has 1 aromatic rings. The fourth-order valence-electron chi connectivity index (χ4n) is 1.94. The van der Waals surface area contributed by atoms with Crippen LogP contribution in [-0.2, 0) is 0 Å². The number of benzene rings is 1. The molecule has 0 aromatic heterocycles. The number of rotatable bonds is 1. The molecular weight excluding hydrogens is 287 g/mol. The van der Waals surface area contributed by atoms with Crippen molar-refractivity contribution in [2.45, 2.75) is 13.0 Å². The highest BCUT2D eigenvalue weighted by Gasteiger charge is 2.24. The van der Waals surface area contributed by atoms with Gasteiger partial charge in [-0.3, -0.25) is 4.79 Å². The summed E-state index contributed by atoms with van der Waals surface area (Å²) in [6, 6.07) is 4.54. The van der Waals surface area contributed by atoms with Crippen molar-refractivity contribution in [1.29, 1.82) is 0 Å². The zero-order valence-corrected chi connectivity index (χ0v) is 11.1. The SMILES string of the molecule is C[C@@H]1CNCCN1C(=O)c1ccc(F)c(Br)c1. The predicted octanol–water partition coefficient (Wildman–Crippen LogP) is 2.02. The zero-order chi connectivity index (χ0) is 12.4. The first-order valence-electron chi connectivity index (χ1n) is 5.56. The minimum atomic E-state index is -0.352. The molecule has 2 rings (SSSR count). The van der Waals surface area contributed by atoms with Gasteiger partial charge in [-0.05, 0) is 41.1 Å². The molecule has 1 saturated heterocycles. The van der Waals surface area contributed by atoms with Crippen molar-refractivity contribution in [2.75, 3.05) is 19.6 Å². The molecule has 0 aliphatic carbocycles. The van der Waals surface area contributed by atoms with E-state index in [4.69, 9.17) is 0 Å². The lowest BCUT2D eigenvalue weighted by Crippen LogP contribution is -2.52. The van der Waals surface area contributed by atoms with Gasteiger partial charge < -0.3 is 10.2 Å². The van der Waals surface area contributed by atoms with Gasteiger partial charge in [0.1, 0.15) is 5.82 Å². The number of halogens is 2. The zero-order valence-electron chi connectivity index (χ0n) is 9.54. The fourth-order valence-corrected chi connectivity index (χ4v) is 2.32. The Kier molecular flexibility index (Phi) is 3.79. The summed E-state index contributed by atoms with van der Waals surface area (Å²) < 4.78 is 13.4. The first-order chi connectivity index (χ1) is 8.09. The molecule has 0 unspecified atom stereocenters. The second-order valence-corrected chi connectivity index (χ2v) is 5.03. The Morgan fingerprint density at radius 1 is 1.59 bits per heavy atom. The molecule has 1 aromatic carbocycles. The Bertz CT molecular complexity index is 439. The Hall–Kier alpha value is -0.940. The molecule has 92 valence electrons. The summed E-state index contributed by atoms with van der Waals surface area (Å²) in [7, 11) is 0. The monoisotopic (exact) mass is 300 g/mol. The summed E-state index contributed by atoms with van der Waals surface area (Å²) in [5.41, 5.74) is 0.520. The van der Waals surface area contributed by atoms with Crippen LogP contribution in [0.3, 0.4) is 0 Å². The number of hydrogen-bond acceptors (Lipinski definition) is 2. The van der Waals surface area contributed by atoms with E-state index in [0.717, 1.165) is 13.1 Å². The Labute approximate surface area is 108 Å². The van der Waals surface area contributed by atoms with E-state index in [-0.39, 0.29) is 17.8 Å². The smallest absolute Gasteiger partial charge is 0.254 e. The third kappa shape index (κ3) is 2.66. The van der Waals surface area contributed by atoms with Gasteiger partial charge in [0.2, 0.25) is 0 Å². The molecule has 1 heterocycles. The summed E-state index contributed by atoms with van der Waals surface area (Å²) in [5, 5.41) is 3.23. The van der Waals surface area contributed by atoms with Crippen LogP contribution in [0, 0.1) is 5.82 Å². The average Bonchev–Trinajstić information content (AvgIpc) is 2.32. The van der Waals surface area contributed by atoms with Gasteiger partial charge in [0.25, 0.3) is 5.91 Å². The lowest BCUT2D eigenvalue weighted by Gasteiger charge is -2.34. The summed E-state index contributed by atoms with van der Waals surface area (Å²) in [6.07, 6.45) is 0. The van der Waals surface area contributed by atoms with E-state index in [1.807, 2.05) is 11.8 Å². The summed E-state index contributed by atoms with van der Waals surface area (Å²) in [4.78, 5) is 14.0. The average molecular weight is 301 g/mol. The lowest BCUT2D eigenvalue weighted by molar-refractivity contribution is 0.0655. The number of carbonyl (C=O) groups excluding carboxylic acids is 1. The van der Waals surface area contributed by atoms with Gasteiger partial charge in [0, 0.05) is 31.2 Å². The van der Waals surface area contributed by atoms with Crippen LogP contribution in [0.15, 0.2) is 22.7 Å². The van der Waals surface area contributed by atoms with Gasteiger partial charge >= 0.3 is 0 Å². The molecule has 0 saturated carbocycles. The molecule has 1 atom stereocenters. The molecule has 5 heteroatoms. The van der Waals surface area contributed by atoms with Gasteiger partial charge in [0.15, 0.2) is 0 Å². The maximum atomic E-state index is 13.1. The van der Waals surface area contributed by atoms with Gasteiger partial charge in [0.05, 0.1) is 4.47 Å². The standard InChI is InChI=1S/C12H14BrFN2O/c1-8-7-15-4-5-16(8)12(17)9-2-3-11(14)10(13)6-9/h2-3,6,8,15H,4-5,7H2,1H3/t8-/m1/s1.